The van der Waals surface area contributed by atoms with Gasteiger partial charge in [-0.15, -0.1) is 0 Å². The fraction of sp³-hybridized carbons (Fsp3) is 0.318. The first-order valence-corrected chi connectivity index (χ1v) is 10.4. The van der Waals surface area contributed by atoms with Gasteiger partial charge in [-0.25, -0.2) is 9.97 Å². The van der Waals surface area contributed by atoms with E-state index in [9.17, 15) is 13.2 Å². The Kier molecular flexibility index (Phi) is 5.85. The number of nitrogens with zero attached hydrogens (tertiary/aromatic N) is 5. The van der Waals surface area contributed by atoms with Gasteiger partial charge in [0, 0.05) is 43.8 Å². The summed E-state index contributed by atoms with van der Waals surface area (Å²) in [5.74, 6) is 0.679. The van der Waals surface area contributed by atoms with E-state index >= 15 is 0 Å². The van der Waals surface area contributed by atoms with Crippen LogP contribution >= 0.6 is 11.6 Å². The van der Waals surface area contributed by atoms with Gasteiger partial charge in [0.2, 0.25) is 5.95 Å². The van der Waals surface area contributed by atoms with Crippen LogP contribution < -0.4 is 15.5 Å². The number of hydrogen-bond acceptors (Lipinski definition) is 6. The Morgan fingerprint density at radius 1 is 1.12 bits per heavy atom. The second kappa shape index (κ2) is 8.46. The molecule has 10 heteroatoms. The summed E-state index contributed by atoms with van der Waals surface area (Å²) in [6.45, 7) is 0.273. The van der Waals surface area contributed by atoms with Crippen molar-refractivity contribution in [2.24, 2.45) is 0 Å². The van der Waals surface area contributed by atoms with Crippen molar-refractivity contribution in [2.45, 2.75) is 25.1 Å². The van der Waals surface area contributed by atoms with Crippen molar-refractivity contribution in [1.82, 2.24) is 15.0 Å². The first-order chi connectivity index (χ1) is 15.1. The molecule has 0 saturated heterocycles. The quantitative estimate of drug-likeness (QED) is 0.616. The van der Waals surface area contributed by atoms with Crippen molar-refractivity contribution in [3.05, 3.63) is 70.0 Å². The smallest absolute Gasteiger partial charge is 0.383 e. The zero-order chi connectivity index (χ0) is 23.0. The number of halogens is 4. The van der Waals surface area contributed by atoms with Crippen molar-refractivity contribution in [2.75, 3.05) is 36.2 Å². The normalized spacial score (nSPS) is 16.4. The molecule has 3 heterocycles. The van der Waals surface area contributed by atoms with Gasteiger partial charge in [-0.3, -0.25) is 0 Å². The third kappa shape index (κ3) is 4.29. The minimum absolute atomic E-state index is 0.118. The molecule has 2 N–H and O–H groups in total. The van der Waals surface area contributed by atoms with Crippen LogP contribution in [0, 0.1) is 0 Å². The van der Waals surface area contributed by atoms with Gasteiger partial charge in [0.05, 0.1) is 17.3 Å². The third-order valence-electron chi connectivity index (χ3n) is 5.50. The number of pyridine rings is 1. The summed E-state index contributed by atoms with van der Waals surface area (Å²) in [4.78, 5) is 16.6. The van der Waals surface area contributed by atoms with Crippen LogP contribution in [0.25, 0.3) is 0 Å². The lowest BCUT2D eigenvalue weighted by atomic mass is 9.99. The Hall–Kier alpha value is -3.07. The molecule has 2 aromatic heterocycles. The van der Waals surface area contributed by atoms with E-state index in [1.165, 1.54) is 12.3 Å². The molecule has 6 nitrogen and oxygen atoms in total. The van der Waals surface area contributed by atoms with Crippen LogP contribution in [0.3, 0.4) is 0 Å². The Morgan fingerprint density at radius 3 is 2.50 bits per heavy atom. The van der Waals surface area contributed by atoms with E-state index in [0.29, 0.717) is 35.3 Å². The van der Waals surface area contributed by atoms with Gasteiger partial charge in [0.1, 0.15) is 11.6 Å². The number of nitrogen functional groups attached to an aromatic ring is 1. The van der Waals surface area contributed by atoms with Crippen LogP contribution in [0.1, 0.15) is 28.4 Å². The summed E-state index contributed by atoms with van der Waals surface area (Å²) in [6.07, 6.45) is -2.42. The van der Waals surface area contributed by atoms with E-state index in [4.69, 9.17) is 17.3 Å². The third-order valence-corrected chi connectivity index (χ3v) is 5.75. The molecule has 1 aliphatic rings. The first kappa shape index (κ1) is 22.1. The highest BCUT2D eigenvalue weighted by Gasteiger charge is 2.38. The van der Waals surface area contributed by atoms with Crippen LogP contribution in [0.2, 0.25) is 5.02 Å². The molecule has 0 bridgehead atoms. The molecule has 3 aromatic rings. The maximum atomic E-state index is 13.8. The van der Waals surface area contributed by atoms with Crippen LogP contribution in [0.5, 0.6) is 0 Å². The lowest BCUT2D eigenvalue weighted by Crippen LogP contribution is -2.33. The molecular weight excluding hydrogens is 441 g/mol. The van der Waals surface area contributed by atoms with Crippen molar-refractivity contribution in [1.29, 1.82) is 0 Å². The maximum absolute atomic E-state index is 13.8. The largest absolute Gasteiger partial charge is 0.419 e. The summed E-state index contributed by atoms with van der Waals surface area (Å²) in [5.41, 5.74) is 7.72. The van der Waals surface area contributed by atoms with Crippen LogP contribution in [0.4, 0.5) is 30.8 Å². The first-order valence-electron chi connectivity index (χ1n) is 10.0. The molecule has 0 radical (unpaired) electrons. The molecule has 0 spiro atoms. The number of hydrogen-bond donors (Lipinski definition) is 1. The molecule has 0 aliphatic carbocycles. The molecule has 0 fully saturated rings. The molecule has 1 unspecified atom stereocenters. The zero-order valence-corrected chi connectivity index (χ0v) is 18.3. The zero-order valence-electron chi connectivity index (χ0n) is 17.6. The second-order valence-corrected chi connectivity index (χ2v) is 8.25. The van der Waals surface area contributed by atoms with Gasteiger partial charge in [0.25, 0.3) is 0 Å². The number of rotatable bonds is 3. The predicted molar refractivity (Wildman–Crippen MR) is 119 cm³/mol. The van der Waals surface area contributed by atoms with Crippen LogP contribution in [-0.4, -0.2) is 35.6 Å². The van der Waals surface area contributed by atoms with Crippen LogP contribution in [0.15, 0.2) is 42.6 Å². The lowest BCUT2D eigenvalue weighted by molar-refractivity contribution is -0.137. The lowest BCUT2D eigenvalue weighted by Gasteiger charge is -2.33. The highest BCUT2D eigenvalue weighted by atomic mass is 35.5. The van der Waals surface area contributed by atoms with Crippen molar-refractivity contribution in [3.63, 3.8) is 0 Å². The average Bonchev–Trinajstić information content (AvgIpc) is 2.94. The molecule has 1 aliphatic heterocycles. The van der Waals surface area contributed by atoms with E-state index < -0.39 is 17.8 Å². The monoisotopic (exact) mass is 462 g/mol. The van der Waals surface area contributed by atoms with Gasteiger partial charge >= 0.3 is 6.18 Å². The van der Waals surface area contributed by atoms with E-state index in [1.807, 2.05) is 26.2 Å². The van der Waals surface area contributed by atoms with E-state index in [2.05, 4.69) is 15.0 Å². The standard InChI is InChI=1S/C22H22ClF3N6/c1-31(2)21-29-17-12-18(13-5-7-14(23)8-6-13)32(11-9-15(17)19(27)30-21)20-16(22(24,25)26)4-3-10-28-20/h3-8,10,18H,9,11-12H2,1-2H3,(H2,27,29,30). The minimum atomic E-state index is -4.54. The van der Waals surface area contributed by atoms with Gasteiger partial charge in [-0.05, 0) is 36.2 Å². The number of anilines is 3. The summed E-state index contributed by atoms with van der Waals surface area (Å²) < 4.78 is 41.5. The maximum Gasteiger partial charge on any atom is 0.419 e. The molecular formula is C22H22ClF3N6. The molecule has 4 rings (SSSR count). The molecule has 0 saturated carbocycles. The topological polar surface area (TPSA) is 71.2 Å². The minimum Gasteiger partial charge on any atom is -0.383 e. The van der Waals surface area contributed by atoms with Crippen molar-refractivity contribution in [3.8, 4) is 0 Å². The fourth-order valence-electron chi connectivity index (χ4n) is 3.94. The number of benzene rings is 1. The van der Waals surface area contributed by atoms with Gasteiger partial charge in [-0.2, -0.15) is 18.2 Å². The molecule has 168 valence electrons. The van der Waals surface area contributed by atoms with Gasteiger partial charge < -0.3 is 15.5 Å². The highest BCUT2D eigenvalue weighted by Crippen LogP contribution is 2.40. The molecule has 1 aromatic carbocycles. The number of alkyl halides is 3. The van der Waals surface area contributed by atoms with Crippen molar-refractivity contribution >= 4 is 29.2 Å². The van der Waals surface area contributed by atoms with E-state index in [1.54, 1.807) is 21.9 Å². The highest BCUT2D eigenvalue weighted by molar-refractivity contribution is 6.30. The number of fused-ring (bicyclic) bond motifs is 1. The Labute approximate surface area is 188 Å². The summed E-state index contributed by atoms with van der Waals surface area (Å²) in [7, 11) is 3.62. The van der Waals surface area contributed by atoms with Gasteiger partial charge in [-0.1, -0.05) is 23.7 Å². The summed E-state index contributed by atoms with van der Waals surface area (Å²) >= 11 is 6.06. The number of aromatic nitrogens is 3. The predicted octanol–water partition coefficient (Wildman–Crippen LogP) is 4.54. The summed E-state index contributed by atoms with van der Waals surface area (Å²) in [5, 5.41) is 0.546. The number of nitrogens with two attached hydrogens (primary N) is 1. The van der Waals surface area contributed by atoms with E-state index in [0.717, 1.165) is 17.2 Å². The van der Waals surface area contributed by atoms with Gasteiger partial charge in [0.15, 0.2) is 0 Å². The molecule has 32 heavy (non-hydrogen) atoms. The Balaban J connectivity index is 1.87. The molecule has 1 atom stereocenters. The van der Waals surface area contributed by atoms with Crippen molar-refractivity contribution < 1.29 is 13.2 Å². The van der Waals surface area contributed by atoms with E-state index in [-0.39, 0.29) is 12.4 Å². The second-order valence-electron chi connectivity index (χ2n) is 7.82. The Bertz CT molecular complexity index is 1120. The molecule has 0 amide bonds. The average molecular weight is 463 g/mol. The SMILES string of the molecule is CN(C)c1nc(N)c2c(n1)CC(c1ccc(Cl)cc1)N(c1ncccc1C(F)(F)F)CC2. The summed E-state index contributed by atoms with van der Waals surface area (Å²) in [6, 6.07) is 8.99. The fourth-order valence-corrected chi connectivity index (χ4v) is 4.07. The van der Waals surface area contributed by atoms with Crippen LogP contribution in [-0.2, 0) is 19.0 Å². The Morgan fingerprint density at radius 2 is 1.84 bits per heavy atom.